The van der Waals surface area contributed by atoms with E-state index in [9.17, 15) is 0 Å². The smallest absolute Gasteiger partial charge is 0.223 e. The van der Waals surface area contributed by atoms with Gasteiger partial charge in [0.25, 0.3) is 0 Å². The third-order valence-corrected chi connectivity index (χ3v) is 4.15. The Morgan fingerprint density at radius 1 is 1.32 bits per heavy atom. The van der Waals surface area contributed by atoms with Gasteiger partial charge < -0.3 is 4.52 Å². The molecule has 1 aliphatic rings. The highest BCUT2D eigenvalue weighted by Crippen LogP contribution is 2.26. The molecule has 0 aromatic carbocycles. The second-order valence-electron chi connectivity index (χ2n) is 5.79. The number of piperidine rings is 1. The number of hydrogen-bond donors (Lipinski definition) is 0. The van der Waals surface area contributed by atoms with Gasteiger partial charge in [-0.2, -0.15) is 4.98 Å². The lowest BCUT2D eigenvalue weighted by Gasteiger charge is -2.30. The molecule has 0 amide bonds. The van der Waals surface area contributed by atoms with Crippen LogP contribution in [0.1, 0.15) is 36.3 Å². The summed E-state index contributed by atoms with van der Waals surface area (Å²) >= 11 is 0. The maximum absolute atomic E-state index is 5.05. The van der Waals surface area contributed by atoms with Crippen LogP contribution < -0.4 is 0 Å². The minimum absolute atomic E-state index is 0.388. The lowest BCUT2D eigenvalue weighted by Crippen LogP contribution is -2.34. The number of pyridine rings is 1. The van der Waals surface area contributed by atoms with Crippen molar-refractivity contribution in [2.45, 2.75) is 32.2 Å². The van der Waals surface area contributed by atoms with E-state index in [2.05, 4.69) is 29.6 Å². The third-order valence-electron chi connectivity index (χ3n) is 4.15. The molecule has 1 unspecified atom stereocenters. The van der Waals surface area contributed by atoms with E-state index in [1.54, 1.807) is 0 Å². The molecule has 3 aromatic rings. The molecule has 4 rings (SSSR count). The summed E-state index contributed by atoms with van der Waals surface area (Å²) in [6, 6.07) is 5.99. The summed E-state index contributed by atoms with van der Waals surface area (Å²) in [5.41, 5.74) is 0.906. The van der Waals surface area contributed by atoms with Crippen molar-refractivity contribution in [1.29, 1.82) is 0 Å². The van der Waals surface area contributed by atoms with Gasteiger partial charge in [0.05, 0.1) is 6.54 Å². The highest BCUT2D eigenvalue weighted by atomic mass is 16.5. The number of aromatic nitrogens is 5. The summed E-state index contributed by atoms with van der Waals surface area (Å²) in [6.45, 7) is 4.55. The normalized spacial score (nSPS) is 19.8. The van der Waals surface area contributed by atoms with E-state index in [4.69, 9.17) is 4.52 Å². The summed E-state index contributed by atoms with van der Waals surface area (Å²) in [4.78, 5) is 6.65. The Morgan fingerprint density at radius 2 is 2.27 bits per heavy atom. The molecule has 22 heavy (non-hydrogen) atoms. The summed E-state index contributed by atoms with van der Waals surface area (Å²) < 4.78 is 7.14. The van der Waals surface area contributed by atoms with E-state index in [0.29, 0.717) is 11.8 Å². The number of fused-ring (bicyclic) bond motifs is 1. The van der Waals surface area contributed by atoms with E-state index in [0.717, 1.165) is 49.8 Å². The highest BCUT2D eigenvalue weighted by Gasteiger charge is 2.26. The topological polar surface area (TPSA) is 72.4 Å². The maximum atomic E-state index is 5.05. The first-order valence-electron chi connectivity index (χ1n) is 7.61. The number of nitrogens with zero attached hydrogens (tertiary/aromatic N) is 6. The summed E-state index contributed by atoms with van der Waals surface area (Å²) in [6.07, 6.45) is 4.31. The standard InChI is InChI=1S/C15H18N6O/c1-11-16-13(19-22-11)10-20-7-4-5-12(9-20)15-18-17-14-6-2-3-8-21(14)15/h2-3,6,8,12H,4-5,7,9-10H2,1H3. The molecule has 114 valence electrons. The van der Waals surface area contributed by atoms with E-state index >= 15 is 0 Å². The Kier molecular flexibility index (Phi) is 3.34. The second kappa shape index (κ2) is 5.49. The molecule has 7 nitrogen and oxygen atoms in total. The van der Waals surface area contributed by atoms with Crippen molar-refractivity contribution in [1.82, 2.24) is 29.6 Å². The molecular formula is C15H18N6O. The van der Waals surface area contributed by atoms with Gasteiger partial charge in [0, 0.05) is 25.6 Å². The van der Waals surface area contributed by atoms with E-state index in [1.165, 1.54) is 0 Å². The molecule has 0 aliphatic carbocycles. The first kappa shape index (κ1) is 13.4. The minimum Gasteiger partial charge on any atom is -0.340 e. The van der Waals surface area contributed by atoms with Crippen LogP contribution in [0.25, 0.3) is 5.65 Å². The van der Waals surface area contributed by atoms with Crippen molar-refractivity contribution >= 4 is 5.65 Å². The van der Waals surface area contributed by atoms with Crippen molar-refractivity contribution in [3.63, 3.8) is 0 Å². The van der Waals surface area contributed by atoms with Gasteiger partial charge in [-0.25, -0.2) is 0 Å². The molecular weight excluding hydrogens is 280 g/mol. The Balaban J connectivity index is 1.53. The Bertz CT molecular complexity index is 779. The number of likely N-dealkylation sites (tertiary alicyclic amines) is 1. The average Bonchev–Trinajstić information content (AvgIpc) is 3.14. The zero-order chi connectivity index (χ0) is 14.9. The highest BCUT2D eigenvalue weighted by molar-refractivity contribution is 5.37. The molecule has 7 heteroatoms. The third kappa shape index (κ3) is 2.48. The molecule has 1 saturated heterocycles. The van der Waals surface area contributed by atoms with Crippen molar-refractivity contribution in [3.8, 4) is 0 Å². The van der Waals surface area contributed by atoms with Crippen LogP contribution in [-0.2, 0) is 6.54 Å². The molecule has 4 heterocycles. The van der Waals surface area contributed by atoms with Gasteiger partial charge in [-0.1, -0.05) is 11.2 Å². The molecule has 0 N–H and O–H groups in total. The number of hydrogen-bond acceptors (Lipinski definition) is 6. The Hall–Kier alpha value is -2.28. The second-order valence-corrected chi connectivity index (χ2v) is 5.79. The van der Waals surface area contributed by atoms with Crippen LogP contribution in [0, 0.1) is 6.92 Å². The summed E-state index contributed by atoms with van der Waals surface area (Å²) in [5, 5.41) is 12.6. The molecule has 1 atom stereocenters. The van der Waals surface area contributed by atoms with Gasteiger partial charge in [0.1, 0.15) is 5.82 Å². The van der Waals surface area contributed by atoms with Crippen LogP contribution in [0.3, 0.4) is 0 Å². The lowest BCUT2D eigenvalue weighted by molar-refractivity contribution is 0.189. The van der Waals surface area contributed by atoms with Crippen LogP contribution in [0.2, 0.25) is 0 Å². The predicted molar refractivity (Wildman–Crippen MR) is 79.3 cm³/mol. The number of aryl methyl sites for hydroxylation is 1. The molecule has 0 radical (unpaired) electrons. The summed E-state index contributed by atoms with van der Waals surface area (Å²) in [7, 11) is 0. The fourth-order valence-corrected chi connectivity index (χ4v) is 3.15. The Morgan fingerprint density at radius 3 is 3.14 bits per heavy atom. The van der Waals surface area contributed by atoms with E-state index < -0.39 is 0 Å². The molecule has 1 aliphatic heterocycles. The van der Waals surface area contributed by atoms with Crippen molar-refractivity contribution in [3.05, 3.63) is 41.9 Å². The zero-order valence-electron chi connectivity index (χ0n) is 12.5. The van der Waals surface area contributed by atoms with Gasteiger partial charge in [-0.05, 0) is 31.5 Å². The molecule has 3 aromatic heterocycles. The van der Waals surface area contributed by atoms with Gasteiger partial charge in [-0.3, -0.25) is 9.30 Å². The van der Waals surface area contributed by atoms with Crippen LogP contribution in [0.5, 0.6) is 0 Å². The van der Waals surface area contributed by atoms with Gasteiger partial charge in [0.2, 0.25) is 5.89 Å². The monoisotopic (exact) mass is 298 g/mol. The SMILES string of the molecule is Cc1nc(CN2CCCC(c3nnc4ccccn34)C2)no1. The summed E-state index contributed by atoms with van der Waals surface area (Å²) in [5.74, 6) is 2.81. The quantitative estimate of drug-likeness (QED) is 0.734. The molecule has 1 fully saturated rings. The van der Waals surface area contributed by atoms with Crippen LogP contribution in [-0.4, -0.2) is 42.7 Å². The maximum Gasteiger partial charge on any atom is 0.223 e. The number of rotatable bonds is 3. The largest absolute Gasteiger partial charge is 0.340 e. The van der Waals surface area contributed by atoms with Crippen LogP contribution in [0.15, 0.2) is 28.9 Å². The van der Waals surface area contributed by atoms with Gasteiger partial charge in [-0.15, -0.1) is 10.2 Å². The van der Waals surface area contributed by atoms with E-state index in [-0.39, 0.29) is 0 Å². The fraction of sp³-hybridized carbons (Fsp3) is 0.467. The molecule has 0 saturated carbocycles. The lowest BCUT2D eigenvalue weighted by atomic mass is 9.97. The van der Waals surface area contributed by atoms with Gasteiger partial charge in [0.15, 0.2) is 11.5 Å². The van der Waals surface area contributed by atoms with Crippen molar-refractivity contribution in [2.75, 3.05) is 13.1 Å². The van der Waals surface area contributed by atoms with Crippen molar-refractivity contribution in [2.24, 2.45) is 0 Å². The average molecular weight is 298 g/mol. The van der Waals surface area contributed by atoms with Crippen LogP contribution >= 0.6 is 0 Å². The minimum atomic E-state index is 0.388. The van der Waals surface area contributed by atoms with Gasteiger partial charge >= 0.3 is 0 Å². The first-order chi connectivity index (χ1) is 10.8. The Labute approximate surface area is 128 Å². The zero-order valence-corrected chi connectivity index (χ0v) is 12.5. The predicted octanol–water partition coefficient (Wildman–Crippen LogP) is 1.80. The van der Waals surface area contributed by atoms with Crippen LogP contribution in [0.4, 0.5) is 0 Å². The van der Waals surface area contributed by atoms with E-state index in [1.807, 2.05) is 31.3 Å². The first-order valence-corrected chi connectivity index (χ1v) is 7.61. The molecule has 0 bridgehead atoms. The molecule has 0 spiro atoms. The van der Waals surface area contributed by atoms with Crippen molar-refractivity contribution < 1.29 is 4.52 Å². The fourth-order valence-electron chi connectivity index (χ4n) is 3.15.